The van der Waals surface area contributed by atoms with Crippen LogP contribution in [0.15, 0.2) is 18.2 Å². The minimum atomic E-state index is 0.260. The Morgan fingerprint density at radius 1 is 1.54 bits per heavy atom. The zero-order valence-corrected chi connectivity index (χ0v) is 9.35. The molecule has 0 saturated heterocycles. The van der Waals surface area contributed by atoms with Gasteiger partial charge in [-0.15, -0.1) is 0 Å². The number of aromatic nitrogens is 2. The van der Waals surface area contributed by atoms with E-state index in [-0.39, 0.29) is 4.83 Å². The van der Waals surface area contributed by atoms with E-state index in [2.05, 4.69) is 26.1 Å². The van der Waals surface area contributed by atoms with Crippen molar-refractivity contribution in [3.8, 4) is 0 Å². The van der Waals surface area contributed by atoms with Crippen molar-refractivity contribution >= 4 is 38.4 Å². The lowest BCUT2D eigenvalue weighted by Gasteiger charge is -1.99. The van der Waals surface area contributed by atoms with E-state index in [0.29, 0.717) is 0 Å². The van der Waals surface area contributed by atoms with E-state index in [1.54, 1.807) is 0 Å². The average molecular weight is 260 g/mol. The van der Waals surface area contributed by atoms with Gasteiger partial charge in [-0.25, -0.2) is 0 Å². The summed E-state index contributed by atoms with van der Waals surface area (Å²) >= 11 is 9.39. The number of alkyl halides is 1. The smallest absolute Gasteiger partial charge is 0.0925 e. The van der Waals surface area contributed by atoms with Gasteiger partial charge in [0.25, 0.3) is 0 Å². The first-order valence-corrected chi connectivity index (χ1v) is 5.25. The number of aromatic amines is 1. The molecule has 0 spiro atoms. The maximum Gasteiger partial charge on any atom is 0.0925 e. The van der Waals surface area contributed by atoms with Gasteiger partial charge >= 0.3 is 0 Å². The third-order valence-electron chi connectivity index (χ3n) is 1.94. The largest absolute Gasteiger partial charge is 0.280 e. The Labute approximate surface area is 89.4 Å². The first-order valence-electron chi connectivity index (χ1n) is 3.96. The Morgan fingerprint density at radius 2 is 2.31 bits per heavy atom. The fourth-order valence-corrected chi connectivity index (χ4v) is 1.83. The van der Waals surface area contributed by atoms with Gasteiger partial charge in [0.1, 0.15) is 0 Å². The molecule has 1 aromatic heterocycles. The molecular weight excluding hydrogens is 251 g/mol. The Hall–Kier alpha value is -0.540. The van der Waals surface area contributed by atoms with Crippen LogP contribution in [0.2, 0.25) is 5.02 Å². The van der Waals surface area contributed by atoms with Gasteiger partial charge in [0.2, 0.25) is 0 Å². The second-order valence-corrected chi connectivity index (χ2v) is 4.72. The number of fused-ring (bicyclic) bond motifs is 1. The summed E-state index contributed by atoms with van der Waals surface area (Å²) in [4.78, 5) is 0.260. The van der Waals surface area contributed by atoms with Crippen LogP contribution >= 0.6 is 27.5 Å². The van der Waals surface area contributed by atoms with Gasteiger partial charge in [-0.2, -0.15) is 5.10 Å². The highest BCUT2D eigenvalue weighted by molar-refractivity contribution is 9.09. The number of H-pyrrole nitrogens is 1. The van der Waals surface area contributed by atoms with Crippen molar-refractivity contribution in [2.24, 2.45) is 0 Å². The maximum absolute atomic E-state index is 5.90. The number of nitrogens with zero attached hydrogens (tertiary/aromatic N) is 1. The summed E-state index contributed by atoms with van der Waals surface area (Å²) < 4.78 is 0. The number of hydrogen-bond acceptors (Lipinski definition) is 1. The van der Waals surface area contributed by atoms with Crippen LogP contribution in [0.3, 0.4) is 0 Å². The van der Waals surface area contributed by atoms with Crippen molar-refractivity contribution in [2.75, 3.05) is 0 Å². The first kappa shape index (κ1) is 9.03. The van der Waals surface area contributed by atoms with Crippen molar-refractivity contribution in [2.45, 2.75) is 11.8 Å². The number of hydrogen-bond donors (Lipinski definition) is 1. The Bertz CT molecular complexity index is 436. The van der Waals surface area contributed by atoms with E-state index in [4.69, 9.17) is 11.6 Å². The third kappa shape index (κ3) is 1.58. The fraction of sp³-hybridized carbons (Fsp3) is 0.222. The van der Waals surface area contributed by atoms with Crippen molar-refractivity contribution < 1.29 is 0 Å². The van der Waals surface area contributed by atoms with E-state index >= 15 is 0 Å². The summed E-state index contributed by atoms with van der Waals surface area (Å²) in [6.45, 7) is 2.05. The summed E-state index contributed by atoms with van der Waals surface area (Å²) in [6.07, 6.45) is 0. The topological polar surface area (TPSA) is 28.7 Å². The molecule has 0 radical (unpaired) electrons. The van der Waals surface area contributed by atoms with Gasteiger partial charge in [-0.05, 0) is 25.1 Å². The van der Waals surface area contributed by atoms with Crippen LogP contribution in [-0.4, -0.2) is 10.2 Å². The highest BCUT2D eigenvalue weighted by atomic mass is 79.9. The molecule has 2 rings (SSSR count). The van der Waals surface area contributed by atoms with Crippen LogP contribution in [0.25, 0.3) is 10.9 Å². The second kappa shape index (κ2) is 3.31. The monoisotopic (exact) mass is 258 g/mol. The number of rotatable bonds is 1. The molecule has 2 aromatic rings. The first-order chi connectivity index (χ1) is 6.18. The predicted octanol–water partition coefficient (Wildman–Crippen LogP) is 3.67. The molecule has 1 heterocycles. The molecule has 0 aliphatic carbocycles. The van der Waals surface area contributed by atoms with Gasteiger partial charge in [-0.1, -0.05) is 27.5 Å². The molecule has 1 atom stereocenters. The highest BCUT2D eigenvalue weighted by Crippen LogP contribution is 2.28. The predicted molar refractivity (Wildman–Crippen MR) is 58.4 cm³/mol. The lowest BCUT2D eigenvalue weighted by molar-refractivity contribution is 0.981. The lowest BCUT2D eigenvalue weighted by atomic mass is 10.2. The number of nitrogens with one attached hydrogen (secondary N) is 1. The van der Waals surface area contributed by atoms with E-state index in [9.17, 15) is 0 Å². The molecular formula is C9H8BrClN2. The second-order valence-electron chi connectivity index (χ2n) is 2.91. The molecule has 0 amide bonds. The Morgan fingerprint density at radius 3 is 3.00 bits per heavy atom. The molecule has 0 fully saturated rings. The molecule has 1 aromatic carbocycles. The quantitative estimate of drug-likeness (QED) is 0.778. The van der Waals surface area contributed by atoms with E-state index in [1.165, 1.54) is 0 Å². The Kier molecular flexibility index (Phi) is 2.30. The van der Waals surface area contributed by atoms with Crippen LogP contribution in [0.1, 0.15) is 17.4 Å². The molecule has 0 bridgehead atoms. The third-order valence-corrected chi connectivity index (χ3v) is 2.64. The van der Waals surface area contributed by atoms with Crippen LogP contribution in [-0.2, 0) is 0 Å². The Balaban J connectivity index is 2.71. The van der Waals surface area contributed by atoms with Gasteiger partial charge in [-0.3, -0.25) is 5.10 Å². The summed E-state index contributed by atoms with van der Waals surface area (Å²) in [6, 6.07) is 5.67. The minimum Gasteiger partial charge on any atom is -0.280 e. The molecule has 0 aliphatic heterocycles. The van der Waals surface area contributed by atoms with Crippen LogP contribution in [0.4, 0.5) is 0 Å². The molecule has 1 unspecified atom stereocenters. The molecule has 4 heteroatoms. The number of benzene rings is 1. The standard InChI is InChI=1S/C9H8BrClN2/c1-5(10)9-7-4-6(11)2-3-8(7)12-13-9/h2-5H,1H3,(H,12,13). The molecule has 0 saturated carbocycles. The zero-order valence-electron chi connectivity index (χ0n) is 7.01. The van der Waals surface area contributed by atoms with Crippen molar-refractivity contribution in [1.29, 1.82) is 0 Å². The van der Waals surface area contributed by atoms with Gasteiger partial charge in [0.15, 0.2) is 0 Å². The van der Waals surface area contributed by atoms with Crippen LogP contribution in [0, 0.1) is 0 Å². The van der Waals surface area contributed by atoms with Crippen LogP contribution < -0.4 is 0 Å². The molecule has 0 aliphatic rings. The fourth-order valence-electron chi connectivity index (χ4n) is 1.31. The zero-order chi connectivity index (χ0) is 9.42. The number of halogens is 2. The molecule has 13 heavy (non-hydrogen) atoms. The van der Waals surface area contributed by atoms with Gasteiger partial charge in [0, 0.05) is 10.4 Å². The highest BCUT2D eigenvalue weighted by Gasteiger charge is 2.09. The van der Waals surface area contributed by atoms with Gasteiger partial charge < -0.3 is 0 Å². The summed E-state index contributed by atoms with van der Waals surface area (Å²) in [7, 11) is 0. The van der Waals surface area contributed by atoms with Crippen molar-refractivity contribution in [3.63, 3.8) is 0 Å². The summed E-state index contributed by atoms with van der Waals surface area (Å²) in [5.74, 6) is 0. The minimum absolute atomic E-state index is 0.260. The lowest BCUT2D eigenvalue weighted by Crippen LogP contribution is -1.83. The van der Waals surface area contributed by atoms with Crippen LogP contribution in [0.5, 0.6) is 0 Å². The molecule has 2 nitrogen and oxygen atoms in total. The van der Waals surface area contributed by atoms with Gasteiger partial charge in [0.05, 0.1) is 16.0 Å². The average Bonchev–Trinajstić information content (AvgIpc) is 2.46. The summed E-state index contributed by atoms with van der Waals surface area (Å²) in [5.41, 5.74) is 2.02. The maximum atomic E-state index is 5.90. The van der Waals surface area contributed by atoms with E-state index < -0.39 is 0 Å². The molecule has 68 valence electrons. The summed E-state index contributed by atoms with van der Waals surface area (Å²) in [5, 5.41) is 8.97. The molecule has 1 N–H and O–H groups in total. The van der Waals surface area contributed by atoms with Crippen molar-refractivity contribution in [1.82, 2.24) is 10.2 Å². The van der Waals surface area contributed by atoms with Crippen molar-refractivity contribution in [3.05, 3.63) is 28.9 Å². The van der Waals surface area contributed by atoms with E-state index in [0.717, 1.165) is 21.6 Å². The SMILES string of the molecule is CC(Br)c1[nH]nc2ccc(Cl)cc12. The van der Waals surface area contributed by atoms with E-state index in [1.807, 2.05) is 25.1 Å². The normalized spacial score (nSPS) is 13.5.